The Labute approximate surface area is 212 Å². The first-order valence-corrected chi connectivity index (χ1v) is 12.2. The minimum absolute atomic E-state index is 0.00383. The smallest absolute Gasteiger partial charge is 0.255 e. The van der Waals surface area contributed by atoms with Crippen LogP contribution in [0, 0.1) is 17.7 Å². The van der Waals surface area contributed by atoms with E-state index in [1.807, 2.05) is 6.92 Å². The van der Waals surface area contributed by atoms with E-state index in [2.05, 4.69) is 5.32 Å². The van der Waals surface area contributed by atoms with Crippen LogP contribution >= 0.6 is 0 Å². The summed E-state index contributed by atoms with van der Waals surface area (Å²) in [5.41, 5.74) is 1.19. The van der Waals surface area contributed by atoms with Crippen molar-refractivity contribution in [1.29, 1.82) is 0 Å². The number of rotatable bonds is 5. The first-order valence-electron chi connectivity index (χ1n) is 12.2. The lowest BCUT2D eigenvalue weighted by Crippen LogP contribution is -2.63. The van der Waals surface area contributed by atoms with Gasteiger partial charge in [0.25, 0.3) is 5.91 Å². The number of hydrogen-bond acceptors (Lipinski definition) is 9. The zero-order valence-electron chi connectivity index (χ0n) is 20.8. The van der Waals surface area contributed by atoms with Gasteiger partial charge in [-0.3, -0.25) is 19.3 Å². The summed E-state index contributed by atoms with van der Waals surface area (Å²) in [5, 5.41) is 47.5. The highest BCUT2D eigenvalue weighted by atomic mass is 19.1. The molecular weight excluding hydrogens is 485 g/mol. The van der Waals surface area contributed by atoms with Crippen molar-refractivity contribution < 1.29 is 39.2 Å². The Kier molecular flexibility index (Phi) is 5.56. The standard InChI is InChI=1S/C26H30FN3O7/c1-25(4-5-25)29-9-11-8-14(31)16-12(18(11)27)6-10-7-13-19(30(2)3)21(33)17(24(28)36)23(35)26(13,37)22(34)15(10)20(16)32/h8,10,13,19,29,31,33-34,37H,4-7,9H2,1-3H3,(H2,28,36)/t10-,13-,19-,26-/m0/s1. The zero-order chi connectivity index (χ0) is 27.2. The van der Waals surface area contributed by atoms with Crippen LogP contribution in [0.4, 0.5) is 4.39 Å². The van der Waals surface area contributed by atoms with Gasteiger partial charge >= 0.3 is 0 Å². The number of Topliss-reactive ketones (excluding diaryl/α,β-unsaturated/α-hetero) is 2. The number of carbonyl (C=O) groups excluding carboxylic acids is 3. The number of carbonyl (C=O) groups is 3. The number of aliphatic hydroxyl groups excluding tert-OH is 2. The van der Waals surface area contributed by atoms with Gasteiger partial charge in [-0.05, 0) is 58.7 Å². The lowest BCUT2D eigenvalue weighted by Gasteiger charge is -2.50. The molecule has 0 radical (unpaired) electrons. The number of allylic oxidation sites excluding steroid dienone is 1. The number of nitrogens with two attached hydrogens (primary N) is 1. The molecule has 11 heteroatoms. The van der Waals surface area contributed by atoms with Gasteiger partial charge in [-0.25, -0.2) is 4.39 Å². The lowest BCUT2D eigenvalue weighted by atomic mass is 9.58. The van der Waals surface area contributed by atoms with Gasteiger partial charge in [0, 0.05) is 34.7 Å². The highest BCUT2D eigenvalue weighted by molar-refractivity contribution is 6.24. The number of nitrogens with one attached hydrogen (secondary N) is 1. The fourth-order valence-electron chi connectivity index (χ4n) is 6.16. The van der Waals surface area contributed by atoms with Gasteiger partial charge < -0.3 is 31.5 Å². The highest BCUT2D eigenvalue weighted by Crippen LogP contribution is 2.52. The maximum atomic E-state index is 15.6. The molecule has 0 aromatic heterocycles. The van der Waals surface area contributed by atoms with Gasteiger partial charge in [0.15, 0.2) is 11.4 Å². The molecule has 4 aliphatic carbocycles. The third-order valence-electron chi connectivity index (χ3n) is 8.44. The number of fused-ring (bicyclic) bond motifs is 3. The number of nitrogens with zero attached hydrogens (tertiary/aromatic N) is 1. The van der Waals surface area contributed by atoms with Crippen LogP contribution in [0.25, 0.3) is 0 Å². The molecular formula is C26H30FN3O7. The summed E-state index contributed by atoms with van der Waals surface area (Å²) < 4.78 is 15.6. The second-order valence-electron chi connectivity index (χ2n) is 11.1. The molecule has 0 unspecified atom stereocenters. The van der Waals surface area contributed by atoms with Gasteiger partial charge in [0.1, 0.15) is 28.7 Å². The lowest BCUT2D eigenvalue weighted by molar-refractivity contribution is -0.148. The Bertz CT molecular complexity index is 1330. The summed E-state index contributed by atoms with van der Waals surface area (Å²) in [6.45, 7) is 2.17. The van der Waals surface area contributed by atoms with Crippen LogP contribution in [-0.4, -0.2) is 74.1 Å². The number of ketones is 2. The number of phenolic OH excluding ortho intramolecular Hbond substituents is 1. The minimum atomic E-state index is -2.72. The fourth-order valence-corrected chi connectivity index (χ4v) is 6.16. The van der Waals surface area contributed by atoms with Gasteiger partial charge in [-0.15, -0.1) is 0 Å². The quantitative estimate of drug-likeness (QED) is 0.312. The number of aliphatic hydroxyl groups is 3. The molecule has 0 aliphatic heterocycles. The van der Waals surface area contributed by atoms with E-state index in [0.717, 1.165) is 12.8 Å². The van der Waals surface area contributed by atoms with Crippen molar-refractivity contribution in [2.75, 3.05) is 14.1 Å². The number of amides is 1. The summed E-state index contributed by atoms with van der Waals surface area (Å²) >= 11 is 0. The molecule has 10 nitrogen and oxygen atoms in total. The van der Waals surface area contributed by atoms with Crippen molar-refractivity contribution in [3.63, 3.8) is 0 Å². The van der Waals surface area contributed by atoms with E-state index in [9.17, 15) is 34.8 Å². The van der Waals surface area contributed by atoms with Crippen molar-refractivity contribution in [2.24, 2.45) is 17.6 Å². The van der Waals surface area contributed by atoms with E-state index < -0.39 is 69.6 Å². The number of aromatic hydroxyl groups is 1. The van der Waals surface area contributed by atoms with Crippen LogP contribution in [0.5, 0.6) is 5.75 Å². The monoisotopic (exact) mass is 515 g/mol. The average Bonchev–Trinajstić information content (AvgIpc) is 3.54. The van der Waals surface area contributed by atoms with Crippen molar-refractivity contribution in [3.05, 3.63) is 51.2 Å². The first-order chi connectivity index (χ1) is 17.2. The van der Waals surface area contributed by atoms with Crippen LogP contribution in [0.1, 0.15) is 47.7 Å². The van der Waals surface area contributed by atoms with E-state index in [-0.39, 0.29) is 47.2 Å². The van der Waals surface area contributed by atoms with Gasteiger partial charge in [-0.1, -0.05) is 0 Å². The van der Waals surface area contributed by atoms with Crippen LogP contribution < -0.4 is 11.1 Å². The second-order valence-corrected chi connectivity index (χ2v) is 11.1. The third kappa shape index (κ3) is 3.52. The van der Waals surface area contributed by atoms with E-state index in [4.69, 9.17) is 5.73 Å². The Morgan fingerprint density at radius 2 is 1.89 bits per heavy atom. The Morgan fingerprint density at radius 3 is 2.46 bits per heavy atom. The van der Waals surface area contributed by atoms with Crippen molar-refractivity contribution >= 4 is 17.5 Å². The molecule has 1 aromatic carbocycles. The summed E-state index contributed by atoms with van der Waals surface area (Å²) in [6.07, 6.45) is 1.73. The maximum absolute atomic E-state index is 15.6. The maximum Gasteiger partial charge on any atom is 0.255 e. The SMILES string of the molecule is CN(C)[C@@H]1C(O)=C(C(N)=O)C(=O)[C@@]2(O)C(O)=C3C(=O)c4c(O)cc(CNC5(C)CC5)c(F)c4C[C@H]3C[C@@H]12. The van der Waals surface area contributed by atoms with Crippen molar-refractivity contribution in [3.8, 4) is 5.75 Å². The number of halogens is 1. The molecule has 198 valence electrons. The van der Waals surface area contributed by atoms with E-state index in [0.29, 0.717) is 0 Å². The van der Waals surface area contributed by atoms with E-state index in [1.54, 1.807) is 14.1 Å². The number of primary amides is 1. The molecule has 7 N–H and O–H groups in total. The van der Waals surface area contributed by atoms with Crippen LogP contribution in [0.2, 0.25) is 0 Å². The number of likely N-dealkylation sites (N-methyl/N-ethyl adjacent to an activating group) is 1. The first kappa shape index (κ1) is 25.4. The Hall–Kier alpha value is -3.28. The average molecular weight is 516 g/mol. The summed E-state index contributed by atoms with van der Waals surface area (Å²) in [6, 6.07) is 0.0709. The molecule has 0 saturated heterocycles. The molecule has 37 heavy (non-hydrogen) atoms. The molecule has 0 bridgehead atoms. The van der Waals surface area contributed by atoms with Gasteiger partial charge in [0.2, 0.25) is 5.78 Å². The number of hydrogen-bond donors (Lipinski definition) is 6. The molecule has 4 aliphatic rings. The predicted octanol–water partition coefficient (Wildman–Crippen LogP) is 0.902. The normalized spacial score (nSPS) is 30.3. The van der Waals surface area contributed by atoms with Gasteiger partial charge in [-0.2, -0.15) is 0 Å². The van der Waals surface area contributed by atoms with Crippen LogP contribution in [-0.2, 0) is 22.6 Å². The Balaban J connectivity index is 1.63. The van der Waals surface area contributed by atoms with Crippen LogP contribution in [0.15, 0.2) is 28.7 Å². The molecule has 1 amide bonds. The molecule has 0 spiro atoms. The third-order valence-corrected chi connectivity index (χ3v) is 8.44. The molecule has 4 atom stereocenters. The predicted molar refractivity (Wildman–Crippen MR) is 128 cm³/mol. The number of benzene rings is 1. The van der Waals surface area contributed by atoms with Crippen LogP contribution in [0.3, 0.4) is 0 Å². The summed E-state index contributed by atoms with van der Waals surface area (Å²) in [4.78, 5) is 40.3. The Morgan fingerprint density at radius 1 is 1.24 bits per heavy atom. The van der Waals surface area contributed by atoms with Crippen molar-refractivity contribution in [2.45, 2.75) is 56.3 Å². The molecule has 5 rings (SSSR count). The molecule has 0 heterocycles. The van der Waals surface area contributed by atoms with E-state index in [1.165, 1.54) is 11.0 Å². The molecule has 1 saturated carbocycles. The van der Waals surface area contributed by atoms with E-state index >= 15 is 4.39 Å². The largest absolute Gasteiger partial charge is 0.510 e. The number of phenols is 1. The van der Waals surface area contributed by atoms with Crippen molar-refractivity contribution in [1.82, 2.24) is 10.2 Å². The summed E-state index contributed by atoms with van der Waals surface area (Å²) in [5.74, 6) is -8.21. The minimum Gasteiger partial charge on any atom is -0.510 e. The zero-order valence-corrected chi connectivity index (χ0v) is 20.8. The highest BCUT2D eigenvalue weighted by Gasteiger charge is 2.63. The van der Waals surface area contributed by atoms with Gasteiger partial charge in [0.05, 0.1) is 11.6 Å². The fraction of sp³-hybridized carbons (Fsp3) is 0.500. The molecule has 1 aromatic rings. The summed E-state index contributed by atoms with van der Waals surface area (Å²) in [7, 11) is 3.09. The second kappa shape index (κ2) is 8.11. The molecule has 1 fully saturated rings. The topological polar surface area (TPSA) is 173 Å².